The molecule has 2 aromatic rings. The summed E-state index contributed by atoms with van der Waals surface area (Å²) in [5.41, 5.74) is 9.29. The maximum Gasteiger partial charge on any atom is 0.393 e. The quantitative estimate of drug-likeness (QED) is 0.876. The average molecular weight is 335 g/mol. The summed E-state index contributed by atoms with van der Waals surface area (Å²) in [5, 5.41) is 3.27. The van der Waals surface area contributed by atoms with E-state index < -0.39 is 12.1 Å². The topological polar surface area (TPSA) is 41.3 Å². The van der Waals surface area contributed by atoms with Gasteiger partial charge in [0.15, 0.2) is 0 Å². The third-order valence-electron chi connectivity index (χ3n) is 4.36. The first-order chi connectivity index (χ1) is 11.5. The Kier molecular flexibility index (Phi) is 4.66. The third kappa shape index (κ3) is 3.82. The van der Waals surface area contributed by atoms with Gasteiger partial charge in [-0.1, -0.05) is 12.1 Å². The molecular weight excluding hydrogens is 315 g/mol. The summed E-state index contributed by atoms with van der Waals surface area (Å²) in [7, 11) is 0. The van der Waals surface area contributed by atoms with Crippen molar-refractivity contribution in [2.75, 3.05) is 23.3 Å². The summed E-state index contributed by atoms with van der Waals surface area (Å²) >= 11 is 0. The van der Waals surface area contributed by atoms with Crippen LogP contribution < -0.4 is 16.0 Å². The minimum absolute atomic E-state index is 0.0385. The first-order valence-corrected chi connectivity index (χ1v) is 7.93. The fourth-order valence-electron chi connectivity index (χ4n) is 2.91. The number of nitrogens with zero attached hydrogens (tertiary/aromatic N) is 1. The van der Waals surface area contributed by atoms with E-state index in [0.29, 0.717) is 13.1 Å². The average Bonchev–Trinajstić information content (AvgIpc) is 3.07. The number of halogens is 3. The van der Waals surface area contributed by atoms with Crippen LogP contribution in [0.4, 0.5) is 30.2 Å². The summed E-state index contributed by atoms with van der Waals surface area (Å²) in [6.45, 7) is 0.984. The van der Waals surface area contributed by atoms with Gasteiger partial charge in [0.2, 0.25) is 0 Å². The molecule has 1 fully saturated rings. The largest absolute Gasteiger partial charge is 0.393 e. The maximum atomic E-state index is 12.8. The number of rotatable bonds is 4. The summed E-state index contributed by atoms with van der Waals surface area (Å²) in [6, 6.07) is 15.3. The predicted molar refractivity (Wildman–Crippen MR) is 90.4 cm³/mol. The van der Waals surface area contributed by atoms with Gasteiger partial charge in [-0.25, -0.2) is 0 Å². The van der Waals surface area contributed by atoms with Crippen LogP contribution >= 0.6 is 0 Å². The first kappa shape index (κ1) is 16.6. The molecule has 128 valence electrons. The van der Waals surface area contributed by atoms with Crippen LogP contribution in [0.3, 0.4) is 0 Å². The van der Waals surface area contributed by atoms with Gasteiger partial charge in [0, 0.05) is 36.7 Å². The molecule has 0 bridgehead atoms. The highest BCUT2D eigenvalue weighted by molar-refractivity contribution is 5.63. The maximum absolute atomic E-state index is 12.8. The van der Waals surface area contributed by atoms with Crippen molar-refractivity contribution < 1.29 is 13.2 Å². The van der Waals surface area contributed by atoms with Crippen LogP contribution in [-0.4, -0.2) is 19.3 Å². The molecule has 0 amide bonds. The number of benzene rings is 2. The van der Waals surface area contributed by atoms with Gasteiger partial charge < -0.3 is 16.0 Å². The van der Waals surface area contributed by atoms with Crippen LogP contribution in [-0.2, 0) is 6.54 Å². The molecule has 1 aliphatic rings. The smallest absolute Gasteiger partial charge is 0.371 e. The minimum Gasteiger partial charge on any atom is -0.371 e. The molecule has 1 saturated heterocycles. The molecule has 0 aromatic heterocycles. The molecule has 0 radical (unpaired) electrons. The van der Waals surface area contributed by atoms with E-state index in [1.54, 1.807) is 4.90 Å². The SMILES string of the molecule is NCc1ccc(Nc2ccc(N3CCC(C(F)(F)F)C3)cc2)cc1. The van der Waals surface area contributed by atoms with E-state index in [1.807, 2.05) is 48.5 Å². The molecule has 1 unspecified atom stereocenters. The first-order valence-electron chi connectivity index (χ1n) is 7.93. The molecule has 3 nitrogen and oxygen atoms in total. The Hall–Kier alpha value is -2.21. The van der Waals surface area contributed by atoms with Crippen molar-refractivity contribution in [1.82, 2.24) is 0 Å². The second-order valence-corrected chi connectivity index (χ2v) is 6.05. The van der Waals surface area contributed by atoms with Crippen molar-refractivity contribution in [3.05, 3.63) is 54.1 Å². The number of anilines is 3. The van der Waals surface area contributed by atoms with Crippen molar-refractivity contribution in [2.45, 2.75) is 19.1 Å². The van der Waals surface area contributed by atoms with E-state index in [-0.39, 0.29) is 13.0 Å². The van der Waals surface area contributed by atoms with Gasteiger partial charge in [0.1, 0.15) is 0 Å². The molecule has 1 atom stereocenters. The van der Waals surface area contributed by atoms with Gasteiger partial charge in [-0.05, 0) is 48.4 Å². The van der Waals surface area contributed by atoms with Crippen LogP contribution in [0.2, 0.25) is 0 Å². The Morgan fingerprint density at radius 3 is 2.08 bits per heavy atom. The third-order valence-corrected chi connectivity index (χ3v) is 4.36. The van der Waals surface area contributed by atoms with Crippen molar-refractivity contribution in [3.8, 4) is 0 Å². The zero-order valence-corrected chi connectivity index (χ0v) is 13.2. The molecule has 1 heterocycles. The number of hydrogen-bond donors (Lipinski definition) is 2. The molecule has 3 rings (SSSR count). The summed E-state index contributed by atoms with van der Waals surface area (Å²) in [6.07, 6.45) is -3.94. The van der Waals surface area contributed by atoms with Crippen molar-refractivity contribution in [1.29, 1.82) is 0 Å². The second kappa shape index (κ2) is 6.73. The van der Waals surface area contributed by atoms with E-state index in [1.165, 1.54) is 0 Å². The molecule has 0 spiro atoms. The number of nitrogens with two attached hydrogens (primary N) is 1. The molecule has 0 saturated carbocycles. The van der Waals surface area contributed by atoms with Crippen LogP contribution in [0.15, 0.2) is 48.5 Å². The Morgan fingerprint density at radius 1 is 1.00 bits per heavy atom. The van der Waals surface area contributed by atoms with Crippen LogP contribution in [0, 0.1) is 5.92 Å². The Labute approximate surface area is 139 Å². The molecule has 1 aliphatic heterocycles. The van der Waals surface area contributed by atoms with Crippen molar-refractivity contribution in [2.24, 2.45) is 11.7 Å². The predicted octanol–water partition coefficient (Wildman–Crippen LogP) is 4.28. The Balaban J connectivity index is 1.63. The Bertz CT molecular complexity index is 665. The lowest BCUT2D eigenvalue weighted by Crippen LogP contribution is -2.27. The summed E-state index contributed by atoms with van der Waals surface area (Å²) in [4.78, 5) is 1.79. The van der Waals surface area contributed by atoms with E-state index in [0.717, 1.165) is 22.6 Å². The van der Waals surface area contributed by atoms with Gasteiger partial charge >= 0.3 is 6.18 Å². The standard InChI is InChI=1S/C18H20F3N3/c19-18(20,21)14-9-10-24(12-14)17-7-5-16(6-8-17)23-15-3-1-13(11-22)2-4-15/h1-8,14,23H,9-12,22H2. The van der Waals surface area contributed by atoms with Crippen LogP contribution in [0.5, 0.6) is 0 Å². The monoisotopic (exact) mass is 335 g/mol. The lowest BCUT2D eigenvalue weighted by atomic mass is 10.1. The zero-order chi connectivity index (χ0) is 17.2. The van der Waals surface area contributed by atoms with Crippen LogP contribution in [0.1, 0.15) is 12.0 Å². The highest BCUT2D eigenvalue weighted by Gasteiger charge is 2.43. The van der Waals surface area contributed by atoms with Gasteiger partial charge in [0.25, 0.3) is 0 Å². The normalized spacial score (nSPS) is 18.0. The van der Waals surface area contributed by atoms with Gasteiger partial charge in [-0.15, -0.1) is 0 Å². The lowest BCUT2D eigenvalue weighted by molar-refractivity contribution is -0.168. The Morgan fingerprint density at radius 2 is 1.58 bits per heavy atom. The summed E-state index contributed by atoms with van der Waals surface area (Å²) in [5.74, 6) is -1.23. The lowest BCUT2D eigenvalue weighted by Gasteiger charge is -2.20. The van der Waals surface area contributed by atoms with Crippen molar-refractivity contribution in [3.63, 3.8) is 0 Å². The summed E-state index contributed by atoms with van der Waals surface area (Å²) < 4.78 is 38.3. The van der Waals surface area contributed by atoms with Gasteiger partial charge in [0.05, 0.1) is 5.92 Å². The zero-order valence-electron chi connectivity index (χ0n) is 13.2. The van der Waals surface area contributed by atoms with Crippen LogP contribution in [0.25, 0.3) is 0 Å². The molecule has 0 aliphatic carbocycles. The fourth-order valence-corrected chi connectivity index (χ4v) is 2.91. The minimum atomic E-state index is -4.11. The van der Waals surface area contributed by atoms with E-state index in [2.05, 4.69) is 5.32 Å². The van der Waals surface area contributed by atoms with E-state index in [9.17, 15) is 13.2 Å². The highest BCUT2D eigenvalue weighted by atomic mass is 19.4. The van der Waals surface area contributed by atoms with E-state index >= 15 is 0 Å². The van der Waals surface area contributed by atoms with Crippen molar-refractivity contribution >= 4 is 17.1 Å². The van der Waals surface area contributed by atoms with Gasteiger partial charge in [-0.3, -0.25) is 0 Å². The molecule has 2 aromatic carbocycles. The number of alkyl halides is 3. The number of nitrogens with one attached hydrogen (secondary N) is 1. The molecular formula is C18H20F3N3. The van der Waals surface area contributed by atoms with E-state index in [4.69, 9.17) is 5.73 Å². The second-order valence-electron chi connectivity index (χ2n) is 6.05. The molecule has 6 heteroatoms. The molecule has 24 heavy (non-hydrogen) atoms. The number of hydrogen-bond acceptors (Lipinski definition) is 3. The highest BCUT2D eigenvalue weighted by Crippen LogP contribution is 2.35. The fraction of sp³-hybridized carbons (Fsp3) is 0.333. The van der Waals surface area contributed by atoms with Gasteiger partial charge in [-0.2, -0.15) is 13.2 Å². The molecule has 3 N–H and O–H groups in total.